The van der Waals surface area contributed by atoms with E-state index in [0.717, 1.165) is 25.0 Å². The van der Waals surface area contributed by atoms with Crippen LogP contribution in [0.2, 0.25) is 0 Å². The number of rotatable bonds is 5. The van der Waals surface area contributed by atoms with E-state index in [0.29, 0.717) is 56.7 Å². The van der Waals surface area contributed by atoms with E-state index >= 15 is 0 Å². The number of benzene rings is 2. The molecule has 0 unspecified atom stereocenters. The lowest BCUT2D eigenvalue weighted by Gasteiger charge is -2.32. The number of nitro groups is 1. The van der Waals surface area contributed by atoms with Crippen LogP contribution in [0.4, 0.5) is 35.9 Å². The number of morpholine rings is 1. The van der Waals surface area contributed by atoms with Gasteiger partial charge in [-0.15, -0.1) is 0 Å². The topological polar surface area (TPSA) is 88.0 Å². The highest BCUT2D eigenvalue weighted by atomic mass is 19.4. The summed E-state index contributed by atoms with van der Waals surface area (Å²) in [5.41, 5.74) is -0.246. The first-order valence-electron chi connectivity index (χ1n) is 11.5. The predicted octanol–water partition coefficient (Wildman–Crippen LogP) is 4.94. The summed E-state index contributed by atoms with van der Waals surface area (Å²) in [5.74, 6) is -0.177. The van der Waals surface area contributed by atoms with Crippen LogP contribution >= 0.6 is 0 Å². The fourth-order valence-electron chi connectivity index (χ4n) is 4.41. The average Bonchev–Trinajstić information content (AvgIpc) is 2.84. The minimum absolute atomic E-state index is 0.00355. The molecule has 188 valence electrons. The number of halogens is 3. The van der Waals surface area contributed by atoms with E-state index in [9.17, 15) is 28.1 Å². The molecule has 11 heteroatoms. The summed E-state index contributed by atoms with van der Waals surface area (Å²) in [4.78, 5) is 28.1. The molecule has 2 saturated heterocycles. The van der Waals surface area contributed by atoms with Crippen molar-refractivity contribution in [1.29, 1.82) is 0 Å². The summed E-state index contributed by atoms with van der Waals surface area (Å²) in [6.45, 7) is 5.25. The summed E-state index contributed by atoms with van der Waals surface area (Å²) < 4.78 is 45.4. The highest BCUT2D eigenvalue weighted by molar-refractivity contribution is 6.06. The normalized spacial score (nSPS) is 17.4. The summed E-state index contributed by atoms with van der Waals surface area (Å²) in [6, 6.07) is 7.38. The molecule has 0 bridgehead atoms. The summed E-state index contributed by atoms with van der Waals surface area (Å²) in [6.07, 6.45) is -2.76. The standard InChI is InChI=1S/C24H27F3N4O4/c1-16-6-8-29(9-7-16)21-4-2-17(14-22(21)31(33)34)23(32)28-19-15-18(24(25,26)27)3-5-20(19)30-10-12-35-13-11-30/h2-5,14-16H,6-13H2,1H3,(H,28,32). The van der Waals surface area contributed by atoms with Crippen LogP contribution in [0.3, 0.4) is 0 Å². The molecule has 0 atom stereocenters. The van der Waals surface area contributed by atoms with Gasteiger partial charge in [0, 0.05) is 37.8 Å². The number of nitrogens with one attached hydrogen (secondary N) is 1. The molecule has 2 aromatic carbocycles. The molecule has 2 heterocycles. The predicted molar refractivity (Wildman–Crippen MR) is 126 cm³/mol. The number of carbonyl (C=O) groups is 1. The van der Waals surface area contributed by atoms with Gasteiger partial charge in [0.15, 0.2) is 0 Å². The minimum atomic E-state index is -4.59. The fraction of sp³-hybridized carbons (Fsp3) is 0.458. The molecule has 1 amide bonds. The van der Waals surface area contributed by atoms with Crippen molar-refractivity contribution in [3.63, 3.8) is 0 Å². The van der Waals surface area contributed by atoms with Crippen LogP contribution in [0.1, 0.15) is 35.7 Å². The Hall–Kier alpha value is -3.34. The van der Waals surface area contributed by atoms with Crippen molar-refractivity contribution in [2.45, 2.75) is 25.9 Å². The van der Waals surface area contributed by atoms with Crippen molar-refractivity contribution in [2.75, 3.05) is 54.5 Å². The Morgan fingerprint density at radius 1 is 1.03 bits per heavy atom. The van der Waals surface area contributed by atoms with Crippen molar-refractivity contribution in [2.24, 2.45) is 5.92 Å². The van der Waals surface area contributed by atoms with E-state index in [1.165, 1.54) is 24.3 Å². The number of ether oxygens (including phenoxy) is 1. The zero-order chi connectivity index (χ0) is 25.2. The largest absolute Gasteiger partial charge is 0.416 e. The second-order valence-corrected chi connectivity index (χ2v) is 8.91. The molecule has 1 N–H and O–H groups in total. The lowest BCUT2D eigenvalue weighted by molar-refractivity contribution is -0.384. The van der Waals surface area contributed by atoms with E-state index in [1.807, 2.05) is 9.80 Å². The third-order valence-corrected chi connectivity index (χ3v) is 6.48. The molecule has 0 aromatic heterocycles. The Morgan fingerprint density at radius 3 is 2.29 bits per heavy atom. The number of anilines is 3. The Bertz CT molecular complexity index is 1090. The monoisotopic (exact) mass is 492 g/mol. The molecule has 8 nitrogen and oxygen atoms in total. The SMILES string of the molecule is CC1CCN(c2ccc(C(=O)Nc3cc(C(F)(F)F)ccc3N3CCOCC3)cc2[N+](=O)[O-])CC1. The van der Waals surface area contributed by atoms with Gasteiger partial charge in [-0.25, -0.2) is 0 Å². The molecule has 2 aliphatic heterocycles. The fourth-order valence-corrected chi connectivity index (χ4v) is 4.41. The molecule has 0 radical (unpaired) electrons. The number of alkyl halides is 3. The van der Waals surface area contributed by atoms with Gasteiger partial charge in [-0.05, 0) is 49.1 Å². The van der Waals surface area contributed by atoms with Gasteiger partial charge in [-0.3, -0.25) is 14.9 Å². The third-order valence-electron chi connectivity index (χ3n) is 6.48. The van der Waals surface area contributed by atoms with E-state index < -0.39 is 22.6 Å². The van der Waals surface area contributed by atoms with Crippen LogP contribution in [-0.2, 0) is 10.9 Å². The molecule has 4 rings (SSSR count). The van der Waals surface area contributed by atoms with Gasteiger partial charge in [0.25, 0.3) is 11.6 Å². The number of hydrogen-bond donors (Lipinski definition) is 1. The number of nitrogens with zero attached hydrogens (tertiary/aromatic N) is 3. The minimum Gasteiger partial charge on any atom is -0.378 e. The summed E-state index contributed by atoms with van der Waals surface area (Å²) in [5, 5.41) is 14.3. The second kappa shape index (κ2) is 10.1. The highest BCUT2D eigenvalue weighted by Gasteiger charge is 2.32. The summed E-state index contributed by atoms with van der Waals surface area (Å²) >= 11 is 0. The van der Waals surface area contributed by atoms with E-state index in [2.05, 4.69) is 12.2 Å². The van der Waals surface area contributed by atoms with Gasteiger partial charge in [0.2, 0.25) is 0 Å². The van der Waals surface area contributed by atoms with Crippen LogP contribution in [0.5, 0.6) is 0 Å². The molecule has 2 fully saturated rings. The first-order chi connectivity index (χ1) is 16.6. The van der Waals surface area contributed by atoms with E-state index in [1.54, 1.807) is 0 Å². The molecule has 0 spiro atoms. The summed E-state index contributed by atoms with van der Waals surface area (Å²) in [7, 11) is 0. The van der Waals surface area contributed by atoms with Crippen LogP contribution < -0.4 is 15.1 Å². The van der Waals surface area contributed by atoms with Crippen molar-refractivity contribution >= 4 is 28.7 Å². The van der Waals surface area contributed by atoms with E-state index in [4.69, 9.17) is 4.74 Å². The van der Waals surface area contributed by atoms with Gasteiger partial charge < -0.3 is 19.9 Å². The molecule has 2 aromatic rings. The van der Waals surface area contributed by atoms with Crippen molar-refractivity contribution in [3.8, 4) is 0 Å². The maximum atomic E-state index is 13.4. The maximum Gasteiger partial charge on any atom is 0.416 e. The van der Waals surface area contributed by atoms with E-state index in [-0.39, 0.29) is 16.9 Å². The first kappa shape index (κ1) is 24.8. The van der Waals surface area contributed by atoms with Crippen LogP contribution in [0.15, 0.2) is 36.4 Å². The Balaban J connectivity index is 1.63. The first-order valence-corrected chi connectivity index (χ1v) is 11.5. The Morgan fingerprint density at radius 2 is 1.66 bits per heavy atom. The Kier molecular flexibility index (Phi) is 7.15. The van der Waals surface area contributed by atoms with Crippen molar-refractivity contribution in [3.05, 3.63) is 57.6 Å². The quantitative estimate of drug-likeness (QED) is 0.470. The van der Waals surface area contributed by atoms with Gasteiger partial charge in [0.1, 0.15) is 5.69 Å². The average molecular weight is 492 g/mol. The van der Waals surface area contributed by atoms with Gasteiger partial charge in [0.05, 0.1) is 35.1 Å². The van der Waals surface area contributed by atoms with Crippen LogP contribution in [-0.4, -0.2) is 50.2 Å². The number of hydrogen-bond acceptors (Lipinski definition) is 6. The van der Waals surface area contributed by atoms with Gasteiger partial charge in [-0.1, -0.05) is 6.92 Å². The number of piperidine rings is 1. The van der Waals surface area contributed by atoms with Gasteiger partial charge in [-0.2, -0.15) is 13.2 Å². The molecule has 2 aliphatic rings. The van der Waals surface area contributed by atoms with Crippen molar-refractivity contribution in [1.82, 2.24) is 0 Å². The molecule has 0 saturated carbocycles. The van der Waals surface area contributed by atoms with Gasteiger partial charge >= 0.3 is 6.18 Å². The third kappa shape index (κ3) is 5.67. The second-order valence-electron chi connectivity index (χ2n) is 8.91. The number of carbonyl (C=O) groups excluding carboxylic acids is 1. The van der Waals surface area contributed by atoms with Crippen LogP contribution in [0.25, 0.3) is 0 Å². The zero-order valence-corrected chi connectivity index (χ0v) is 19.3. The number of amides is 1. The molecule has 0 aliphatic carbocycles. The lowest BCUT2D eigenvalue weighted by atomic mass is 9.98. The highest BCUT2D eigenvalue weighted by Crippen LogP contribution is 2.37. The molecular weight excluding hydrogens is 465 g/mol. The lowest BCUT2D eigenvalue weighted by Crippen LogP contribution is -2.36. The zero-order valence-electron chi connectivity index (χ0n) is 19.3. The van der Waals surface area contributed by atoms with Crippen molar-refractivity contribution < 1.29 is 27.6 Å². The molecule has 35 heavy (non-hydrogen) atoms. The maximum absolute atomic E-state index is 13.4. The number of nitro benzene ring substituents is 1. The Labute approximate surface area is 200 Å². The molecular formula is C24H27F3N4O4. The van der Waals surface area contributed by atoms with Crippen LogP contribution in [0, 0.1) is 16.0 Å². The smallest absolute Gasteiger partial charge is 0.378 e.